The Bertz CT molecular complexity index is 1450. The predicted octanol–water partition coefficient (Wildman–Crippen LogP) is 3.99. The number of hydrogen-bond acceptors (Lipinski definition) is 9. The average Bonchev–Trinajstić information content (AvgIpc) is 3.37. The fourth-order valence-corrected chi connectivity index (χ4v) is 6.14. The smallest absolute Gasteiger partial charge is 0.272 e. The van der Waals surface area contributed by atoms with Crippen LogP contribution in [0, 0.1) is 5.82 Å². The highest BCUT2D eigenvalue weighted by Crippen LogP contribution is 2.41. The quantitative estimate of drug-likeness (QED) is 0.449. The third-order valence-electron chi connectivity index (χ3n) is 6.21. The van der Waals surface area contributed by atoms with Crippen LogP contribution in [-0.4, -0.2) is 62.4 Å². The lowest BCUT2D eigenvalue weighted by molar-refractivity contribution is 0.0794. The summed E-state index contributed by atoms with van der Waals surface area (Å²) in [5, 5.41) is 3.92. The number of aromatic nitrogens is 3. The standard InChI is InChI=1S/C23H24F4N6O3S/c1-22(2)21(28)32-23(11-24,12-37(22,34)29-3)14-6-13(4-5-15(14)25)18-7-16(33-36-18)17-8-31-20(9-30-17)35-10-19(26)27/h4-9,19H,10-12H2,1-3H3,(H2,28,32)/t23-,37?/m0/s1. The molecule has 14 heteroatoms. The fourth-order valence-electron chi connectivity index (χ4n) is 3.87. The van der Waals surface area contributed by atoms with Crippen molar-refractivity contribution in [1.82, 2.24) is 15.1 Å². The molecule has 1 aliphatic rings. The summed E-state index contributed by atoms with van der Waals surface area (Å²) >= 11 is 0. The Kier molecular flexibility index (Phi) is 6.97. The van der Waals surface area contributed by atoms with Crippen molar-refractivity contribution in [2.45, 2.75) is 30.6 Å². The molecule has 2 aromatic heterocycles. The summed E-state index contributed by atoms with van der Waals surface area (Å²) in [7, 11) is -1.75. The molecule has 1 aliphatic heterocycles. The second kappa shape index (κ2) is 9.72. The van der Waals surface area contributed by atoms with Crippen molar-refractivity contribution >= 4 is 15.6 Å². The third kappa shape index (κ3) is 4.77. The van der Waals surface area contributed by atoms with Crippen molar-refractivity contribution in [2.75, 3.05) is 26.1 Å². The first-order valence-electron chi connectivity index (χ1n) is 11.0. The van der Waals surface area contributed by atoms with Gasteiger partial charge in [0.25, 0.3) is 6.43 Å². The van der Waals surface area contributed by atoms with E-state index < -0.39 is 45.5 Å². The molecule has 0 radical (unpaired) electrons. The Morgan fingerprint density at radius 2 is 1.97 bits per heavy atom. The number of aliphatic imine (C=N–C) groups is 1. The number of nitrogens with two attached hydrogens (primary N) is 1. The lowest BCUT2D eigenvalue weighted by Crippen LogP contribution is -2.56. The van der Waals surface area contributed by atoms with E-state index in [1.807, 2.05) is 0 Å². The van der Waals surface area contributed by atoms with Gasteiger partial charge in [-0.2, -0.15) is 0 Å². The summed E-state index contributed by atoms with van der Waals surface area (Å²) in [6.45, 7) is 1.23. The SMILES string of the molecule is CN=S1(=O)C[C@@](CF)(c2cc(-c3cc(-c4cnc(OCC(F)F)cn4)no3)ccc2F)N=C(N)C1(C)C. The molecule has 0 saturated heterocycles. The highest BCUT2D eigenvalue weighted by molar-refractivity contribution is 7.95. The van der Waals surface area contributed by atoms with Gasteiger partial charge in [-0.3, -0.25) is 4.99 Å². The Balaban J connectivity index is 1.70. The minimum Gasteiger partial charge on any atom is -0.470 e. The molecular formula is C23H24F4N6O3S. The predicted molar refractivity (Wildman–Crippen MR) is 129 cm³/mol. The van der Waals surface area contributed by atoms with Crippen LogP contribution >= 0.6 is 0 Å². The normalized spacial score (nSPS) is 23.1. The maximum Gasteiger partial charge on any atom is 0.272 e. The summed E-state index contributed by atoms with van der Waals surface area (Å²) in [5.41, 5.74) is 4.95. The molecule has 0 bridgehead atoms. The van der Waals surface area contributed by atoms with Gasteiger partial charge in [-0.05, 0) is 32.0 Å². The van der Waals surface area contributed by atoms with Crippen LogP contribution in [0.2, 0.25) is 0 Å². The van der Waals surface area contributed by atoms with Gasteiger partial charge < -0.3 is 15.0 Å². The van der Waals surface area contributed by atoms with Gasteiger partial charge in [0.15, 0.2) is 12.4 Å². The van der Waals surface area contributed by atoms with Gasteiger partial charge in [0.1, 0.15) is 40.0 Å². The van der Waals surface area contributed by atoms with Gasteiger partial charge >= 0.3 is 0 Å². The molecule has 3 aromatic rings. The van der Waals surface area contributed by atoms with Crippen molar-refractivity contribution in [3.63, 3.8) is 0 Å². The van der Waals surface area contributed by atoms with E-state index in [0.29, 0.717) is 5.56 Å². The van der Waals surface area contributed by atoms with Gasteiger partial charge in [-0.1, -0.05) is 5.16 Å². The molecule has 0 saturated carbocycles. The van der Waals surface area contributed by atoms with Crippen molar-refractivity contribution in [2.24, 2.45) is 15.1 Å². The van der Waals surface area contributed by atoms with Crippen LogP contribution in [0.25, 0.3) is 22.7 Å². The van der Waals surface area contributed by atoms with Crippen molar-refractivity contribution < 1.29 is 31.0 Å². The molecule has 4 rings (SSSR count). The van der Waals surface area contributed by atoms with Gasteiger partial charge in [-0.25, -0.2) is 36.1 Å². The van der Waals surface area contributed by atoms with Crippen molar-refractivity contribution in [1.29, 1.82) is 0 Å². The number of ether oxygens (including phenoxy) is 1. The number of rotatable bonds is 7. The Morgan fingerprint density at radius 3 is 2.59 bits per heavy atom. The van der Waals surface area contributed by atoms with Gasteiger partial charge in [0.2, 0.25) is 5.88 Å². The van der Waals surface area contributed by atoms with Crippen molar-refractivity contribution in [3.8, 4) is 28.6 Å². The number of halogens is 4. The van der Waals surface area contributed by atoms with Gasteiger partial charge in [0, 0.05) is 24.2 Å². The van der Waals surface area contributed by atoms with Gasteiger partial charge in [0.05, 0.1) is 27.9 Å². The summed E-state index contributed by atoms with van der Waals surface area (Å²) < 4.78 is 80.9. The topological polar surface area (TPSA) is 129 Å². The first kappa shape index (κ1) is 26.5. The number of nitrogens with zero attached hydrogens (tertiary/aromatic N) is 5. The second-order valence-electron chi connectivity index (χ2n) is 8.85. The van der Waals surface area contributed by atoms with Crippen LogP contribution in [0.1, 0.15) is 19.4 Å². The van der Waals surface area contributed by atoms with E-state index in [1.54, 1.807) is 13.8 Å². The van der Waals surface area contributed by atoms with Crippen LogP contribution in [0.15, 0.2) is 50.5 Å². The molecule has 1 aromatic carbocycles. The zero-order valence-electron chi connectivity index (χ0n) is 20.1. The van der Waals surface area contributed by atoms with Crippen LogP contribution in [0.5, 0.6) is 5.88 Å². The summed E-state index contributed by atoms with van der Waals surface area (Å²) in [5.74, 6) is -1.10. The fraction of sp³-hybridized carbons (Fsp3) is 0.391. The average molecular weight is 541 g/mol. The first-order valence-corrected chi connectivity index (χ1v) is 12.7. The lowest BCUT2D eigenvalue weighted by atomic mass is 9.90. The van der Waals surface area contributed by atoms with E-state index >= 15 is 4.39 Å². The van der Waals surface area contributed by atoms with E-state index in [1.165, 1.54) is 31.4 Å². The summed E-state index contributed by atoms with van der Waals surface area (Å²) in [6.07, 6.45) is -0.221. The first-order chi connectivity index (χ1) is 17.4. The Labute approximate surface area is 210 Å². The van der Waals surface area contributed by atoms with E-state index in [4.69, 9.17) is 15.0 Å². The minimum absolute atomic E-state index is 0.0849. The molecule has 2 atom stereocenters. The molecule has 0 amide bonds. The van der Waals surface area contributed by atoms with Crippen LogP contribution in [0.3, 0.4) is 0 Å². The summed E-state index contributed by atoms with van der Waals surface area (Å²) in [4.78, 5) is 12.3. The van der Waals surface area contributed by atoms with Crippen LogP contribution < -0.4 is 10.5 Å². The molecule has 0 fully saturated rings. The molecule has 3 heterocycles. The Morgan fingerprint density at radius 1 is 1.22 bits per heavy atom. The maximum atomic E-state index is 15.1. The largest absolute Gasteiger partial charge is 0.470 e. The molecular weight excluding hydrogens is 516 g/mol. The molecule has 9 nitrogen and oxygen atoms in total. The second-order valence-corrected chi connectivity index (χ2v) is 11.8. The molecule has 1 unspecified atom stereocenters. The zero-order chi connectivity index (χ0) is 27.0. The maximum absolute atomic E-state index is 15.1. The van der Waals surface area contributed by atoms with Crippen LogP contribution in [-0.2, 0) is 15.3 Å². The monoisotopic (exact) mass is 540 g/mol. The number of hydrogen-bond donors (Lipinski definition) is 1. The molecule has 198 valence electrons. The van der Waals surface area contributed by atoms with Gasteiger partial charge in [-0.15, -0.1) is 0 Å². The van der Waals surface area contributed by atoms with E-state index in [0.717, 1.165) is 12.3 Å². The molecule has 37 heavy (non-hydrogen) atoms. The Hall–Kier alpha value is -3.55. The molecule has 2 N–H and O–H groups in total. The highest BCUT2D eigenvalue weighted by Gasteiger charge is 2.50. The molecule has 0 aliphatic carbocycles. The van der Waals surface area contributed by atoms with E-state index in [2.05, 4.69) is 24.5 Å². The number of benzene rings is 1. The number of alkyl halides is 3. The highest BCUT2D eigenvalue weighted by atomic mass is 32.2. The van der Waals surface area contributed by atoms with E-state index in [9.17, 15) is 17.4 Å². The third-order valence-corrected chi connectivity index (χ3v) is 9.47. The van der Waals surface area contributed by atoms with Crippen LogP contribution in [0.4, 0.5) is 17.6 Å². The lowest BCUT2D eigenvalue weighted by Gasteiger charge is -2.41. The van der Waals surface area contributed by atoms with Crippen molar-refractivity contribution in [3.05, 3.63) is 48.0 Å². The summed E-state index contributed by atoms with van der Waals surface area (Å²) in [6, 6.07) is 5.37. The molecule has 0 spiro atoms. The number of amidine groups is 1. The zero-order valence-corrected chi connectivity index (χ0v) is 20.9. The minimum atomic E-state index is -3.10. The van der Waals surface area contributed by atoms with E-state index in [-0.39, 0.29) is 40.2 Å².